The Balaban J connectivity index is 2.36. The third kappa shape index (κ3) is 3.00. The molecular formula is C15H22N2O2. The van der Waals surface area contributed by atoms with Gasteiger partial charge in [-0.1, -0.05) is 12.1 Å². The number of benzene rings is 1. The zero-order valence-electron chi connectivity index (χ0n) is 12.1. The van der Waals surface area contributed by atoms with E-state index < -0.39 is 0 Å². The summed E-state index contributed by atoms with van der Waals surface area (Å²) in [7, 11) is 0. The van der Waals surface area contributed by atoms with Crippen molar-refractivity contribution in [2.24, 2.45) is 0 Å². The van der Waals surface area contributed by atoms with E-state index in [9.17, 15) is 4.79 Å². The average molecular weight is 262 g/mol. The fraction of sp³-hybridized carbons (Fsp3) is 0.533. The number of carbonyl (C=O) groups is 1. The highest BCUT2D eigenvalue weighted by Crippen LogP contribution is 2.34. The molecule has 0 atom stereocenters. The second-order valence-corrected chi connectivity index (χ2v) is 5.81. The number of carbonyl (C=O) groups excluding carboxylic acids is 1. The van der Waals surface area contributed by atoms with Gasteiger partial charge in [0, 0.05) is 6.54 Å². The van der Waals surface area contributed by atoms with Gasteiger partial charge in [-0.15, -0.1) is 0 Å². The minimum atomic E-state index is -0.121. The van der Waals surface area contributed by atoms with Crippen molar-refractivity contribution >= 4 is 11.6 Å². The summed E-state index contributed by atoms with van der Waals surface area (Å²) < 4.78 is 5.85. The number of hydrogen-bond donors (Lipinski definition) is 1. The Morgan fingerprint density at radius 1 is 1.32 bits per heavy atom. The van der Waals surface area contributed by atoms with Gasteiger partial charge in [0.15, 0.2) is 0 Å². The zero-order chi connectivity index (χ0) is 14.0. The van der Waals surface area contributed by atoms with E-state index in [4.69, 9.17) is 4.74 Å². The molecule has 1 aliphatic rings. The van der Waals surface area contributed by atoms with Crippen LogP contribution in [-0.2, 0) is 4.79 Å². The second kappa shape index (κ2) is 5.11. The van der Waals surface area contributed by atoms with E-state index in [2.05, 4.69) is 24.1 Å². The Bertz CT molecular complexity index is 469. The lowest BCUT2D eigenvalue weighted by molar-refractivity contribution is -0.121. The molecule has 1 aromatic rings. The average Bonchev–Trinajstić information content (AvgIpc) is 2.33. The molecule has 0 aliphatic carbocycles. The van der Waals surface area contributed by atoms with Gasteiger partial charge in [0.2, 0.25) is 5.91 Å². The van der Waals surface area contributed by atoms with E-state index in [0.717, 1.165) is 11.4 Å². The smallest absolute Gasteiger partial charge is 0.239 e. The van der Waals surface area contributed by atoms with Crippen molar-refractivity contribution in [3.63, 3.8) is 0 Å². The number of hydrogen-bond acceptors (Lipinski definition) is 3. The van der Waals surface area contributed by atoms with Gasteiger partial charge >= 0.3 is 0 Å². The number of para-hydroxylation sites is 2. The Morgan fingerprint density at radius 3 is 2.68 bits per heavy atom. The van der Waals surface area contributed by atoms with Gasteiger partial charge in [-0.05, 0) is 39.8 Å². The molecule has 19 heavy (non-hydrogen) atoms. The highest BCUT2D eigenvalue weighted by Gasteiger charge is 2.34. The van der Waals surface area contributed by atoms with Gasteiger partial charge in [0.05, 0.1) is 23.9 Å². The molecule has 2 rings (SSSR count). The van der Waals surface area contributed by atoms with Gasteiger partial charge in [-0.3, -0.25) is 4.79 Å². The van der Waals surface area contributed by atoms with Crippen LogP contribution in [0.2, 0.25) is 0 Å². The molecule has 1 fully saturated rings. The summed E-state index contributed by atoms with van der Waals surface area (Å²) >= 11 is 0. The van der Waals surface area contributed by atoms with Gasteiger partial charge in [0.25, 0.3) is 0 Å². The van der Waals surface area contributed by atoms with E-state index in [-0.39, 0.29) is 17.6 Å². The fourth-order valence-electron chi connectivity index (χ4n) is 2.27. The molecule has 4 nitrogen and oxygen atoms in total. The Morgan fingerprint density at radius 2 is 2.00 bits per heavy atom. The molecule has 0 spiro atoms. The van der Waals surface area contributed by atoms with Crippen molar-refractivity contribution in [2.75, 3.05) is 18.0 Å². The van der Waals surface area contributed by atoms with Crippen LogP contribution < -0.4 is 15.0 Å². The number of anilines is 1. The maximum atomic E-state index is 11.7. The highest BCUT2D eigenvalue weighted by molar-refractivity contribution is 5.84. The zero-order valence-corrected chi connectivity index (χ0v) is 12.1. The van der Waals surface area contributed by atoms with Crippen LogP contribution in [0.5, 0.6) is 5.75 Å². The molecule has 104 valence electrons. The summed E-state index contributed by atoms with van der Waals surface area (Å²) in [5.74, 6) is 0.888. The Kier molecular flexibility index (Phi) is 3.69. The normalized spacial score (nSPS) is 18.4. The van der Waals surface area contributed by atoms with Crippen LogP contribution in [0.25, 0.3) is 0 Å². The van der Waals surface area contributed by atoms with Crippen LogP contribution in [0, 0.1) is 0 Å². The van der Waals surface area contributed by atoms with Gasteiger partial charge < -0.3 is 15.0 Å². The summed E-state index contributed by atoms with van der Waals surface area (Å²) in [6.07, 6.45) is 0.114. The lowest BCUT2D eigenvalue weighted by Gasteiger charge is -2.44. The molecule has 1 aliphatic heterocycles. The van der Waals surface area contributed by atoms with Gasteiger partial charge in [0.1, 0.15) is 5.75 Å². The second-order valence-electron chi connectivity index (χ2n) is 5.81. The third-order valence-electron chi connectivity index (χ3n) is 3.27. The van der Waals surface area contributed by atoms with E-state index >= 15 is 0 Å². The number of rotatable bonds is 3. The summed E-state index contributed by atoms with van der Waals surface area (Å²) in [4.78, 5) is 13.8. The molecule has 0 unspecified atom stereocenters. The van der Waals surface area contributed by atoms with Crippen molar-refractivity contribution in [2.45, 2.75) is 39.3 Å². The van der Waals surface area contributed by atoms with E-state index in [1.165, 1.54) is 0 Å². The monoisotopic (exact) mass is 262 g/mol. The predicted molar refractivity (Wildman–Crippen MR) is 76.6 cm³/mol. The first-order valence-corrected chi connectivity index (χ1v) is 6.70. The molecule has 0 bridgehead atoms. The van der Waals surface area contributed by atoms with Gasteiger partial charge in [-0.25, -0.2) is 0 Å². The first-order chi connectivity index (χ1) is 8.90. The maximum absolute atomic E-state index is 11.7. The lowest BCUT2D eigenvalue weighted by Crippen LogP contribution is -2.60. The van der Waals surface area contributed by atoms with E-state index in [0.29, 0.717) is 13.1 Å². The summed E-state index contributed by atoms with van der Waals surface area (Å²) in [5.41, 5.74) is 0.862. The Hall–Kier alpha value is -1.71. The SMILES string of the molecule is CC(C)Oc1ccccc1N1CC(=O)NCC1(C)C. The first-order valence-electron chi connectivity index (χ1n) is 6.70. The topological polar surface area (TPSA) is 41.6 Å². The fourth-order valence-corrected chi connectivity index (χ4v) is 2.27. The molecular weight excluding hydrogens is 240 g/mol. The van der Waals surface area contributed by atoms with Crippen LogP contribution >= 0.6 is 0 Å². The number of piperazine rings is 1. The van der Waals surface area contributed by atoms with Crippen molar-refractivity contribution in [3.05, 3.63) is 24.3 Å². The highest BCUT2D eigenvalue weighted by atomic mass is 16.5. The molecule has 1 aromatic carbocycles. The third-order valence-corrected chi connectivity index (χ3v) is 3.27. The van der Waals surface area contributed by atoms with E-state index in [1.54, 1.807) is 0 Å². The standard InChI is InChI=1S/C15H22N2O2/c1-11(2)19-13-8-6-5-7-12(13)17-9-14(18)16-10-15(17,3)4/h5-8,11H,9-10H2,1-4H3,(H,16,18). The van der Waals surface area contributed by atoms with Crippen molar-refractivity contribution in [3.8, 4) is 5.75 Å². The minimum absolute atomic E-state index is 0.0543. The maximum Gasteiger partial charge on any atom is 0.239 e. The number of nitrogens with one attached hydrogen (secondary N) is 1. The van der Waals surface area contributed by atoms with Crippen molar-refractivity contribution in [1.82, 2.24) is 5.32 Å². The largest absolute Gasteiger partial charge is 0.489 e. The van der Waals surface area contributed by atoms with Gasteiger partial charge in [-0.2, -0.15) is 0 Å². The number of amides is 1. The molecule has 1 heterocycles. The summed E-state index contributed by atoms with van der Waals surface area (Å²) in [5, 5.41) is 2.91. The predicted octanol–water partition coefficient (Wildman–Crippen LogP) is 2.19. The Labute approximate surface area is 114 Å². The molecule has 4 heteroatoms. The number of ether oxygens (including phenoxy) is 1. The van der Waals surface area contributed by atoms with Crippen LogP contribution in [0.3, 0.4) is 0 Å². The summed E-state index contributed by atoms with van der Waals surface area (Å²) in [6.45, 7) is 9.26. The molecule has 0 radical (unpaired) electrons. The van der Waals surface area contributed by atoms with Crippen LogP contribution in [0.15, 0.2) is 24.3 Å². The minimum Gasteiger partial charge on any atom is -0.489 e. The quantitative estimate of drug-likeness (QED) is 0.908. The van der Waals surface area contributed by atoms with Crippen LogP contribution in [0.4, 0.5) is 5.69 Å². The molecule has 1 N–H and O–H groups in total. The van der Waals surface area contributed by atoms with E-state index in [1.807, 2.05) is 38.1 Å². The number of nitrogens with zero attached hydrogens (tertiary/aromatic N) is 1. The molecule has 0 aromatic heterocycles. The van der Waals surface area contributed by atoms with Crippen LogP contribution in [-0.4, -0.2) is 30.6 Å². The molecule has 0 saturated carbocycles. The molecule has 1 saturated heterocycles. The van der Waals surface area contributed by atoms with Crippen molar-refractivity contribution in [1.29, 1.82) is 0 Å². The summed E-state index contributed by atoms with van der Waals surface area (Å²) in [6, 6.07) is 7.90. The van der Waals surface area contributed by atoms with Crippen LogP contribution in [0.1, 0.15) is 27.7 Å². The first kappa shape index (κ1) is 13.7. The van der Waals surface area contributed by atoms with Crippen molar-refractivity contribution < 1.29 is 9.53 Å². The lowest BCUT2D eigenvalue weighted by atomic mass is 9.98. The molecule has 1 amide bonds.